The molecule has 1 unspecified atom stereocenters. The van der Waals surface area contributed by atoms with E-state index in [2.05, 4.69) is 57.3 Å². The maximum absolute atomic E-state index is 6.02. The minimum Gasteiger partial charge on any atom is -0.494 e. The first-order valence-electron chi connectivity index (χ1n) is 8.81. The van der Waals surface area contributed by atoms with E-state index in [1.807, 2.05) is 0 Å². The van der Waals surface area contributed by atoms with Gasteiger partial charge in [-0.2, -0.15) is 0 Å². The van der Waals surface area contributed by atoms with Crippen LogP contribution in [-0.2, 0) is 11.8 Å². The molecule has 0 amide bonds. The molecule has 1 heterocycles. The van der Waals surface area contributed by atoms with Gasteiger partial charge in [0, 0.05) is 23.3 Å². The molecule has 24 heavy (non-hydrogen) atoms. The van der Waals surface area contributed by atoms with E-state index in [-0.39, 0.29) is 11.3 Å². The Balaban J connectivity index is 2.01. The standard InChI is InChI=1S/C20H30N2OS/c1-5-6-11-23-17-9-7-15(8-10-17)12-16(13-21)19-22-18(14-24-19)20(2,3)4/h7-10,14,16H,5-6,11-13,21H2,1-4H3. The Morgan fingerprint density at radius 2 is 1.92 bits per heavy atom. The zero-order valence-corrected chi connectivity index (χ0v) is 16.2. The molecule has 1 aromatic carbocycles. The summed E-state index contributed by atoms with van der Waals surface area (Å²) in [4.78, 5) is 4.83. The zero-order valence-electron chi connectivity index (χ0n) is 15.3. The second kappa shape index (κ2) is 8.63. The van der Waals surface area contributed by atoms with Gasteiger partial charge in [0.2, 0.25) is 0 Å². The number of nitrogens with zero attached hydrogens (tertiary/aromatic N) is 1. The Labute approximate surface area is 150 Å². The molecule has 0 fully saturated rings. The summed E-state index contributed by atoms with van der Waals surface area (Å²) in [5.74, 6) is 1.22. The van der Waals surface area contributed by atoms with Gasteiger partial charge in [-0.25, -0.2) is 4.98 Å². The topological polar surface area (TPSA) is 48.1 Å². The van der Waals surface area contributed by atoms with E-state index in [9.17, 15) is 0 Å². The highest BCUT2D eigenvalue weighted by Crippen LogP contribution is 2.29. The summed E-state index contributed by atoms with van der Waals surface area (Å²) < 4.78 is 5.72. The Kier molecular flexibility index (Phi) is 6.81. The number of unbranched alkanes of at least 4 members (excludes halogenated alkanes) is 1. The first-order chi connectivity index (χ1) is 11.4. The van der Waals surface area contributed by atoms with Gasteiger partial charge >= 0.3 is 0 Å². The highest BCUT2D eigenvalue weighted by atomic mass is 32.1. The van der Waals surface area contributed by atoms with Gasteiger partial charge in [-0.1, -0.05) is 46.2 Å². The molecule has 0 aliphatic rings. The van der Waals surface area contributed by atoms with Crippen LogP contribution in [0.1, 0.15) is 62.7 Å². The van der Waals surface area contributed by atoms with Crippen molar-refractivity contribution in [3.63, 3.8) is 0 Å². The lowest BCUT2D eigenvalue weighted by Gasteiger charge is -2.16. The van der Waals surface area contributed by atoms with Crippen molar-refractivity contribution >= 4 is 11.3 Å². The van der Waals surface area contributed by atoms with Gasteiger partial charge in [-0.3, -0.25) is 0 Å². The maximum Gasteiger partial charge on any atom is 0.119 e. The van der Waals surface area contributed by atoms with E-state index in [1.54, 1.807) is 11.3 Å². The van der Waals surface area contributed by atoms with Crippen molar-refractivity contribution in [2.45, 2.75) is 58.3 Å². The van der Waals surface area contributed by atoms with Crippen LogP contribution in [0.3, 0.4) is 0 Å². The van der Waals surface area contributed by atoms with Crippen LogP contribution < -0.4 is 10.5 Å². The molecule has 3 nitrogen and oxygen atoms in total. The zero-order chi connectivity index (χ0) is 17.6. The normalized spacial score (nSPS) is 13.0. The molecule has 0 saturated carbocycles. The molecule has 2 aromatic rings. The van der Waals surface area contributed by atoms with Crippen molar-refractivity contribution < 1.29 is 4.74 Å². The van der Waals surface area contributed by atoms with Crippen molar-refractivity contribution in [3.05, 3.63) is 45.9 Å². The number of rotatable bonds is 8. The predicted octanol–water partition coefficient (Wildman–Crippen LogP) is 4.90. The molecule has 1 atom stereocenters. The van der Waals surface area contributed by atoms with Crippen molar-refractivity contribution in [1.82, 2.24) is 4.98 Å². The second-order valence-electron chi connectivity index (χ2n) is 7.30. The summed E-state index contributed by atoms with van der Waals surface area (Å²) in [5, 5.41) is 3.31. The molecular weight excluding hydrogens is 316 g/mol. The van der Waals surface area contributed by atoms with E-state index in [1.165, 1.54) is 5.56 Å². The van der Waals surface area contributed by atoms with Crippen LogP contribution in [0.25, 0.3) is 0 Å². The molecule has 2 rings (SSSR count). The predicted molar refractivity (Wildman–Crippen MR) is 103 cm³/mol. The fraction of sp³-hybridized carbons (Fsp3) is 0.550. The number of benzene rings is 1. The van der Waals surface area contributed by atoms with Gasteiger partial charge in [0.15, 0.2) is 0 Å². The lowest BCUT2D eigenvalue weighted by Crippen LogP contribution is -2.16. The smallest absolute Gasteiger partial charge is 0.119 e. The SMILES string of the molecule is CCCCOc1ccc(CC(CN)c2nc(C(C)(C)C)cs2)cc1. The average molecular weight is 347 g/mol. The summed E-state index contributed by atoms with van der Waals surface area (Å²) in [6.07, 6.45) is 3.17. The molecule has 0 bridgehead atoms. The van der Waals surface area contributed by atoms with E-state index in [0.29, 0.717) is 6.54 Å². The van der Waals surface area contributed by atoms with Crippen molar-refractivity contribution in [2.24, 2.45) is 5.73 Å². The van der Waals surface area contributed by atoms with Gasteiger partial charge in [0.05, 0.1) is 17.3 Å². The third kappa shape index (κ3) is 5.32. The third-order valence-electron chi connectivity index (χ3n) is 4.10. The number of hydrogen-bond acceptors (Lipinski definition) is 4. The molecule has 132 valence electrons. The Hall–Kier alpha value is -1.39. The van der Waals surface area contributed by atoms with Crippen LogP contribution in [0.5, 0.6) is 5.75 Å². The first-order valence-corrected chi connectivity index (χ1v) is 9.69. The molecular formula is C20H30N2OS. The number of aromatic nitrogens is 1. The van der Waals surface area contributed by atoms with Crippen LogP contribution in [0, 0.1) is 0 Å². The Morgan fingerprint density at radius 1 is 1.21 bits per heavy atom. The third-order valence-corrected chi connectivity index (χ3v) is 5.10. The van der Waals surface area contributed by atoms with Gasteiger partial charge in [-0.05, 0) is 30.5 Å². The van der Waals surface area contributed by atoms with E-state index < -0.39 is 0 Å². The average Bonchev–Trinajstić information content (AvgIpc) is 3.04. The molecule has 2 N–H and O–H groups in total. The summed E-state index contributed by atoms with van der Waals surface area (Å²) in [5.41, 5.74) is 8.54. The summed E-state index contributed by atoms with van der Waals surface area (Å²) >= 11 is 1.73. The lowest BCUT2D eigenvalue weighted by molar-refractivity contribution is 0.309. The maximum atomic E-state index is 6.02. The molecule has 0 spiro atoms. The number of ether oxygens (including phenoxy) is 1. The van der Waals surface area contributed by atoms with Crippen LogP contribution in [-0.4, -0.2) is 18.1 Å². The highest BCUT2D eigenvalue weighted by Gasteiger charge is 2.21. The molecule has 0 aliphatic heterocycles. The van der Waals surface area contributed by atoms with Crippen LogP contribution in [0.15, 0.2) is 29.6 Å². The van der Waals surface area contributed by atoms with E-state index in [0.717, 1.165) is 42.3 Å². The monoisotopic (exact) mass is 346 g/mol. The van der Waals surface area contributed by atoms with Crippen molar-refractivity contribution in [1.29, 1.82) is 0 Å². The quantitative estimate of drug-likeness (QED) is 0.691. The molecule has 1 aromatic heterocycles. The van der Waals surface area contributed by atoms with Crippen molar-refractivity contribution in [3.8, 4) is 5.75 Å². The fourth-order valence-corrected chi connectivity index (χ4v) is 3.59. The highest BCUT2D eigenvalue weighted by molar-refractivity contribution is 7.09. The fourth-order valence-electron chi connectivity index (χ4n) is 2.43. The summed E-state index contributed by atoms with van der Waals surface area (Å²) in [6, 6.07) is 8.40. The van der Waals surface area contributed by atoms with Gasteiger partial charge in [0.1, 0.15) is 5.75 Å². The lowest BCUT2D eigenvalue weighted by atomic mass is 9.93. The van der Waals surface area contributed by atoms with Crippen molar-refractivity contribution in [2.75, 3.05) is 13.2 Å². The minimum absolute atomic E-state index is 0.0887. The minimum atomic E-state index is 0.0887. The van der Waals surface area contributed by atoms with Gasteiger partial charge in [0.25, 0.3) is 0 Å². The largest absolute Gasteiger partial charge is 0.494 e. The van der Waals surface area contributed by atoms with Gasteiger partial charge in [-0.15, -0.1) is 11.3 Å². The molecule has 0 radical (unpaired) electrons. The first kappa shape index (κ1) is 18.9. The molecule has 4 heteroatoms. The number of nitrogens with two attached hydrogens (primary N) is 1. The number of thiazole rings is 1. The number of hydrogen-bond donors (Lipinski definition) is 1. The summed E-state index contributed by atoms with van der Waals surface area (Å²) in [6.45, 7) is 10.2. The Bertz CT molecular complexity index is 613. The van der Waals surface area contributed by atoms with E-state index >= 15 is 0 Å². The Morgan fingerprint density at radius 3 is 2.46 bits per heavy atom. The van der Waals surface area contributed by atoms with Gasteiger partial charge < -0.3 is 10.5 Å². The van der Waals surface area contributed by atoms with Crippen LogP contribution in [0.4, 0.5) is 0 Å². The van der Waals surface area contributed by atoms with E-state index in [4.69, 9.17) is 15.5 Å². The molecule has 0 aliphatic carbocycles. The van der Waals surface area contributed by atoms with Crippen LogP contribution in [0.2, 0.25) is 0 Å². The second-order valence-corrected chi connectivity index (χ2v) is 8.19. The summed E-state index contributed by atoms with van der Waals surface area (Å²) in [7, 11) is 0. The van der Waals surface area contributed by atoms with Crippen LogP contribution >= 0.6 is 11.3 Å². The molecule has 0 saturated heterocycles.